The number of benzene rings is 1. The van der Waals surface area contributed by atoms with Gasteiger partial charge in [0.15, 0.2) is 0 Å². The Hall–Kier alpha value is -1.06. The molecule has 0 aromatic heterocycles. The van der Waals surface area contributed by atoms with Crippen LogP contribution in [0.5, 0.6) is 0 Å². The van der Waals surface area contributed by atoms with Gasteiger partial charge in [-0.25, -0.2) is 5.43 Å². The fourth-order valence-corrected chi connectivity index (χ4v) is 7.02. The molecule has 1 N–H and O–H groups in total. The van der Waals surface area contributed by atoms with E-state index in [1.54, 1.807) is 6.21 Å². The number of hydrazone groups is 1. The Labute approximate surface area is 164 Å². The summed E-state index contributed by atoms with van der Waals surface area (Å²) >= 11 is 12.9. The third-order valence-corrected chi connectivity index (χ3v) is 8.23. The second-order valence-corrected chi connectivity index (χ2v) is 10.6. The third-order valence-electron chi connectivity index (χ3n) is 7.29. The number of hydrogen-bond acceptors (Lipinski definition) is 2. The van der Waals surface area contributed by atoms with Gasteiger partial charge in [0.05, 0.1) is 10.8 Å². The van der Waals surface area contributed by atoms with Crippen molar-refractivity contribution < 1.29 is 4.79 Å². The van der Waals surface area contributed by atoms with Gasteiger partial charge in [-0.2, -0.15) is 5.10 Å². The molecule has 3 nitrogen and oxygen atoms in total. The maximum atomic E-state index is 13.0. The largest absolute Gasteiger partial charge is 0.273 e. The predicted octanol–water partition coefficient (Wildman–Crippen LogP) is 4.82. The molecule has 0 unspecified atom stereocenters. The van der Waals surface area contributed by atoms with Crippen molar-refractivity contribution in [1.29, 1.82) is 0 Å². The smallest absolute Gasteiger partial charge is 0.246 e. The molecule has 0 spiro atoms. The molecule has 1 aromatic carbocycles. The van der Waals surface area contributed by atoms with Crippen LogP contribution in [0.2, 0.25) is 0 Å². The molecule has 26 heavy (non-hydrogen) atoms. The topological polar surface area (TPSA) is 41.5 Å². The van der Waals surface area contributed by atoms with E-state index in [0.29, 0.717) is 6.42 Å². The molecule has 0 heterocycles. The van der Waals surface area contributed by atoms with E-state index in [-0.39, 0.29) is 11.3 Å². The van der Waals surface area contributed by atoms with Gasteiger partial charge in [-0.15, -0.1) is 23.2 Å². The van der Waals surface area contributed by atoms with Gasteiger partial charge < -0.3 is 0 Å². The predicted molar refractivity (Wildman–Crippen MR) is 104 cm³/mol. The van der Waals surface area contributed by atoms with E-state index >= 15 is 0 Å². The van der Waals surface area contributed by atoms with Crippen LogP contribution in [0.15, 0.2) is 35.4 Å². The van der Waals surface area contributed by atoms with Gasteiger partial charge in [-0.3, -0.25) is 4.79 Å². The number of alkyl halides is 2. The molecule has 0 aliphatic heterocycles. The van der Waals surface area contributed by atoms with Gasteiger partial charge in [0.2, 0.25) is 5.91 Å². The van der Waals surface area contributed by atoms with Crippen molar-refractivity contribution in [2.45, 2.75) is 54.7 Å². The fraction of sp³-hybridized carbons (Fsp3) is 0.619. The number of nitrogens with zero attached hydrogens (tertiary/aromatic N) is 1. The lowest BCUT2D eigenvalue weighted by Gasteiger charge is -2.55. The molecule has 1 amide bonds. The van der Waals surface area contributed by atoms with E-state index in [1.165, 1.54) is 19.3 Å². The number of hydrogen-bond donors (Lipinski definition) is 1. The Kier molecular flexibility index (Phi) is 3.75. The highest BCUT2D eigenvalue weighted by Crippen LogP contribution is 2.64. The third kappa shape index (κ3) is 2.54. The Morgan fingerprint density at radius 3 is 2.08 bits per heavy atom. The van der Waals surface area contributed by atoms with Crippen LogP contribution in [-0.4, -0.2) is 16.5 Å². The minimum atomic E-state index is -0.858. The molecule has 5 heteroatoms. The van der Waals surface area contributed by atoms with Gasteiger partial charge in [0, 0.05) is 6.21 Å². The minimum Gasteiger partial charge on any atom is -0.273 e. The minimum absolute atomic E-state index is 0.103. The van der Waals surface area contributed by atoms with E-state index in [1.807, 2.05) is 30.3 Å². The van der Waals surface area contributed by atoms with Gasteiger partial charge >= 0.3 is 0 Å². The maximum Gasteiger partial charge on any atom is 0.246 e. The molecule has 0 radical (unpaired) electrons. The van der Waals surface area contributed by atoms with E-state index in [2.05, 4.69) is 10.5 Å². The molecule has 1 atom stereocenters. The molecule has 5 fully saturated rings. The molecule has 1 aromatic rings. The SMILES string of the molecule is O=C(N/N=C\[C@@]1(c2ccccc2)CC1(Cl)Cl)C12CC3CC(CC(C3)C1)C2. The van der Waals surface area contributed by atoms with Gasteiger partial charge in [0.1, 0.15) is 4.33 Å². The van der Waals surface area contributed by atoms with Crippen LogP contribution in [0.4, 0.5) is 0 Å². The van der Waals surface area contributed by atoms with Crippen LogP contribution in [0.1, 0.15) is 50.5 Å². The highest BCUT2D eigenvalue weighted by atomic mass is 35.5. The van der Waals surface area contributed by atoms with Gasteiger partial charge in [-0.05, 0) is 68.3 Å². The van der Waals surface area contributed by atoms with Gasteiger partial charge in [-0.1, -0.05) is 30.3 Å². The average Bonchev–Trinajstić information content (AvgIpc) is 3.16. The second-order valence-electron chi connectivity index (χ2n) is 9.12. The standard InChI is InChI=1S/C21H24Cl2N2O/c22-21(23)12-20(21,17-4-2-1-3-5-17)13-24-25-18(26)19-9-14-6-15(10-19)8-16(7-14)11-19/h1-5,13-16H,6-12H2,(H,25,26)/b24-13-/t14?,15?,16?,19?,20-/m1/s1. The van der Waals surface area contributed by atoms with Crippen LogP contribution in [-0.2, 0) is 10.2 Å². The zero-order chi connectivity index (χ0) is 18.0. The Morgan fingerprint density at radius 2 is 1.58 bits per heavy atom. The lowest BCUT2D eigenvalue weighted by atomic mass is 9.49. The van der Waals surface area contributed by atoms with Crippen LogP contribution >= 0.6 is 23.2 Å². The Balaban J connectivity index is 1.32. The van der Waals surface area contributed by atoms with Crippen molar-refractivity contribution in [3.63, 3.8) is 0 Å². The molecule has 0 saturated heterocycles. The van der Waals surface area contributed by atoms with E-state index < -0.39 is 9.75 Å². The van der Waals surface area contributed by atoms with Crippen molar-refractivity contribution in [2.24, 2.45) is 28.3 Å². The summed E-state index contributed by atoms with van der Waals surface area (Å²) in [6.45, 7) is 0. The van der Waals surface area contributed by atoms with Crippen molar-refractivity contribution in [1.82, 2.24) is 5.43 Å². The highest BCUT2D eigenvalue weighted by Gasteiger charge is 2.66. The number of nitrogens with one attached hydrogen (secondary N) is 1. The van der Waals surface area contributed by atoms with Crippen LogP contribution in [0, 0.1) is 23.2 Å². The summed E-state index contributed by atoms with van der Waals surface area (Å²) in [6, 6.07) is 9.94. The summed E-state index contributed by atoms with van der Waals surface area (Å²) in [5.74, 6) is 2.33. The lowest BCUT2D eigenvalue weighted by molar-refractivity contribution is -0.146. The molecular weight excluding hydrogens is 367 g/mol. The summed E-state index contributed by atoms with van der Waals surface area (Å²) in [4.78, 5) is 13.0. The average molecular weight is 391 g/mol. The molecule has 5 saturated carbocycles. The van der Waals surface area contributed by atoms with E-state index in [0.717, 1.165) is 42.6 Å². The number of halogens is 2. The first kappa shape index (κ1) is 17.1. The fourth-order valence-electron chi connectivity index (χ4n) is 6.28. The Morgan fingerprint density at radius 1 is 1.04 bits per heavy atom. The molecule has 4 bridgehead atoms. The van der Waals surface area contributed by atoms with Crippen LogP contribution in [0.3, 0.4) is 0 Å². The zero-order valence-corrected chi connectivity index (χ0v) is 16.3. The summed E-state index contributed by atoms with van der Waals surface area (Å²) in [7, 11) is 0. The molecule has 6 rings (SSSR count). The first-order valence-corrected chi connectivity index (χ1v) is 10.5. The molecule has 5 aliphatic carbocycles. The van der Waals surface area contributed by atoms with Crippen molar-refractivity contribution >= 4 is 35.3 Å². The number of carbonyl (C=O) groups is 1. The lowest BCUT2D eigenvalue weighted by Crippen LogP contribution is -2.52. The summed E-state index contributed by atoms with van der Waals surface area (Å²) in [5, 5.41) is 4.34. The van der Waals surface area contributed by atoms with Gasteiger partial charge in [0.25, 0.3) is 0 Å². The van der Waals surface area contributed by atoms with Crippen LogP contribution < -0.4 is 5.43 Å². The van der Waals surface area contributed by atoms with E-state index in [4.69, 9.17) is 23.2 Å². The summed E-state index contributed by atoms with van der Waals surface area (Å²) in [6.07, 6.45) is 9.47. The maximum absolute atomic E-state index is 13.0. The van der Waals surface area contributed by atoms with Crippen molar-refractivity contribution in [3.05, 3.63) is 35.9 Å². The molecule has 5 aliphatic rings. The molecule has 138 valence electrons. The second kappa shape index (κ2) is 5.72. The summed E-state index contributed by atoms with van der Waals surface area (Å²) in [5.41, 5.74) is 3.20. The number of amides is 1. The zero-order valence-electron chi connectivity index (χ0n) is 14.8. The first-order valence-electron chi connectivity index (χ1n) is 9.71. The van der Waals surface area contributed by atoms with E-state index in [9.17, 15) is 4.79 Å². The number of rotatable bonds is 4. The number of carbonyl (C=O) groups excluding carboxylic acids is 1. The van der Waals surface area contributed by atoms with Crippen molar-refractivity contribution in [3.8, 4) is 0 Å². The monoisotopic (exact) mass is 390 g/mol. The van der Waals surface area contributed by atoms with Crippen LogP contribution in [0.25, 0.3) is 0 Å². The Bertz CT molecular complexity index is 725. The summed E-state index contributed by atoms with van der Waals surface area (Å²) < 4.78 is -0.858. The first-order chi connectivity index (χ1) is 12.4. The highest BCUT2D eigenvalue weighted by molar-refractivity contribution is 6.53. The normalized spacial score (nSPS) is 42.2. The van der Waals surface area contributed by atoms with Crippen molar-refractivity contribution in [2.75, 3.05) is 0 Å². The molecular formula is C21H24Cl2N2O. The quantitative estimate of drug-likeness (QED) is 0.446.